The van der Waals surface area contributed by atoms with Crippen LogP contribution < -0.4 is 15.5 Å². The number of para-hydroxylation sites is 1. The van der Waals surface area contributed by atoms with Crippen LogP contribution in [0.2, 0.25) is 0 Å². The number of nitrogens with one attached hydrogen (secondary N) is 2. The van der Waals surface area contributed by atoms with Gasteiger partial charge in [0, 0.05) is 38.5 Å². The SMILES string of the molecule is CCOC(C)c1noc(CNC(=NC)NC2CCN(c3ccccc3)CC2)n1.I. The molecule has 0 bridgehead atoms. The first-order chi connectivity index (χ1) is 13.7. The van der Waals surface area contributed by atoms with E-state index in [4.69, 9.17) is 9.26 Å². The summed E-state index contributed by atoms with van der Waals surface area (Å²) in [4.78, 5) is 11.1. The van der Waals surface area contributed by atoms with Crippen molar-refractivity contribution < 1.29 is 9.26 Å². The average Bonchev–Trinajstić information content (AvgIpc) is 3.21. The molecule has 1 aliphatic rings. The Kier molecular flexibility index (Phi) is 9.65. The summed E-state index contributed by atoms with van der Waals surface area (Å²) in [7, 11) is 1.77. The van der Waals surface area contributed by atoms with E-state index in [1.54, 1.807) is 7.05 Å². The number of aromatic nitrogens is 2. The molecule has 0 amide bonds. The predicted molar refractivity (Wildman–Crippen MR) is 125 cm³/mol. The van der Waals surface area contributed by atoms with Gasteiger partial charge in [-0.1, -0.05) is 23.4 Å². The topological polar surface area (TPSA) is 87.8 Å². The summed E-state index contributed by atoms with van der Waals surface area (Å²) in [6, 6.07) is 10.9. The molecular weight excluding hydrogens is 483 g/mol. The van der Waals surface area contributed by atoms with Gasteiger partial charge in [0.15, 0.2) is 11.8 Å². The van der Waals surface area contributed by atoms with Crippen LogP contribution in [0.15, 0.2) is 39.8 Å². The second kappa shape index (κ2) is 12.0. The molecule has 1 aromatic carbocycles. The van der Waals surface area contributed by atoms with Gasteiger partial charge in [-0.2, -0.15) is 4.98 Å². The van der Waals surface area contributed by atoms with Crippen LogP contribution in [-0.4, -0.2) is 48.9 Å². The summed E-state index contributed by atoms with van der Waals surface area (Å²) in [5.74, 6) is 1.83. The highest BCUT2D eigenvalue weighted by molar-refractivity contribution is 14.0. The number of hydrogen-bond donors (Lipinski definition) is 2. The van der Waals surface area contributed by atoms with Crippen molar-refractivity contribution in [1.82, 2.24) is 20.8 Å². The van der Waals surface area contributed by atoms with Gasteiger partial charge in [0.05, 0.1) is 6.54 Å². The Labute approximate surface area is 189 Å². The average molecular weight is 514 g/mol. The van der Waals surface area contributed by atoms with E-state index in [0.717, 1.165) is 31.9 Å². The lowest BCUT2D eigenvalue weighted by molar-refractivity contribution is 0.0683. The first-order valence-corrected chi connectivity index (χ1v) is 9.90. The molecule has 1 atom stereocenters. The van der Waals surface area contributed by atoms with E-state index in [2.05, 4.69) is 61.0 Å². The van der Waals surface area contributed by atoms with Gasteiger partial charge >= 0.3 is 0 Å². The van der Waals surface area contributed by atoms with Crippen molar-refractivity contribution in [2.24, 2.45) is 4.99 Å². The van der Waals surface area contributed by atoms with Crippen LogP contribution in [0.5, 0.6) is 0 Å². The Morgan fingerprint density at radius 2 is 2.03 bits per heavy atom. The number of aliphatic imine (C=N–C) groups is 1. The van der Waals surface area contributed by atoms with E-state index >= 15 is 0 Å². The number of guanidine groups is 1. The van der Waals surface area contributed by atoms with Crippen LogP contribution in [0.3, 0.4) is 0 Å². The summed E-state index contributed by atoms with van der Waals surface area (Å²) in [6.07, 6.45) is 1.95. The minimum atomic E-state index is -0.172. The summed E-state index contributed by atoms with van der Waals surface area (Å²) >= 11 is 0. The van der Waals surface area contributed by atoms with Crippen molar-refractivity contribution in [2.75, 3.05) is 31.6 Å². The fourth-order valence-electron chi connectivity index (χ4n) is 3.30. The van der Waals surface area contributed by atoms with E-state index in [-0.39, 0.29) is 30.1 Å². The molecule has 2 aromatic rings. The van der Waals surface area contributed by atoms with Crippen LogP contribution in [0.25, 0.3) is 0 Å². The maximum atomic E-state index is 5.48. The quantitative estimate of drug-likeness (QED) is 0.334. The lowest BCUT2D eigenvalue weighted by atomic mass is 10.0. The van der Waals surface area contributed by atoms with Crippen molar-refractivity contribution >= 4 is 35.6 Å². The number of benzene rings is 1. The second-order valence-electron chi connectivity index (χ2n) is 6.81. The molecule has 1 unspecified atom stereocenters. The minimum Gasteiger partial charge on any atom is -0.371 e. The summed E-state index contributed by atoms with van der Waals surface area (Å²) in [5.41, 5.74) is 1.29. The highest BCUT2D eigenvalue weighted by atomic mass is 127. The first kappa shape index (κ1) is 23.4. The molecule has 8 nitrogen and oxygen atoms in total. The Balaban J connectivity index is 0.00000300. The molecule has 1 fully saturated rings. The number of nitrogens with zero attached hydrogens (tertiary/aromatic N) is 4. The van der Waals surface area contributed by atoms with E-state index in [9.17, 15) is 0 Å². The fourth-order valence-corrected chi connectivity index (χ4v) is 3.30. The maximum Gasteiger partial charge on any atom is 0.246 e. The number of hydrogen-bond acceptors (Lipinski definition) is 6. The van der Waals surface area contributed by atoms with Crippen molar-refractivity contribution in [2.45, 2.75) is 45.4 Å². The van der Waals surface area contributed by atoms with Gasteiger partial charge in [0.25, 0.3) is 0 Å². The molecule has 2 N–H and O–H groups in total. The van der Waals surface area contributed by atoms with Crippen LogP contribution in [-0.2, 0) is 11.3 Å². The molecule has 2 heterocycles. The smallest absolute Gasteiger partial charge is 0.246 e. The molecule has 1 aromatic heterocycles. The van der Waals surface area contributed by atoms with Crippen LogP contribution in [0.1, 0.15) is 44.5 Å². The highest BCUT2D eigenvalue weighted by Crippen LogP contribution is 2.19. The van der Waals surface area contributed by atoms with Crippen molar-refractivity contribution in [3.8, 4) is 0 Å². The standard InChI is InChI=1S/C20H30N6O2.HI/c1-4-27-15(2)19-24-18(28-25-19)14-22-20(21-3)23-16-10-12-26(13-11-16)17-8-6-5-7-9-17;/h5-9,15-16H,4,10-14H2,1-3H3,(H2,21,22,23);1H. The molecule has 3 rings (SSSR count). The Morgan fingerprint density at radius 3 is 2.69 bits per heavy atom. The normalized spacial score (nSPS) is 16.2. The molecule has 160 valence electrons. The van der Waals surface area contributed by atoms with Crippen LogP contribution in [0, 0.1) is 0 Å². The number of halogens is 1. The van der Waals surface area contributed by atoms with Crippen LogP contribution in [0.4, 0.5) is 5.69 Å². The van der Waals surface area contributed by atoms with E-state index in [0.29, 0.717) is 30.9 Å². The Hall–Kier alpha value is -1.88. The second-order valence-corrected chi connectivity index (χ2v) is 6.81. The van der Waals surface area contributed by atoms with Gasteiger partial charge in [-0.25, -0.2) is 0 Å². The third-order valence-electron chi connectivity index (χ3n) is 4.85. The van der Waals surface area contributed by atoms with E-state index < -0.39 is 0 Å². The highest BCUT2D eigenvalue weighted by Gasteiger charge is 2.20. The molecular formula is C20H31IN6O2. The summed E-state index contributed by atoms with van der Waals surface area (Å²) in [6.45, 7) is 6.95. The monoisotopic (exact) mass is 514 g/mol. The van der Waals surface area contributed by atoms with Crippen LogP contribution >= 0.6 is 24.0 Å². The fraction of sp³-hybridized carbons (Fsp3) is 0.550. The van der Waals surface area contributed by atoms with Gasteiger partial charge in [-0.05, 0) is 38.8 Å². The van der Waals surface area contributed by atoms with Gasteiger partial charge in [-0.3, -0.25) is 4.99 Å². The van der Waals surface area contributed by atoms with Gasteiger partial charge < -0.3 is 24.8 Å². The van der Waals surface area contributed by atoms with Crippen molar-refractivity contribution in [1.29, 1.82) is 0 Å². The number of rotatable bonds is 7. The summed E-state index contributed by atoms with van der Waals surface area (Å²) < 4.78 is 10.8. The third kappa shape index (κ3) is 6.84. The van der Waals surface area contributed by atoms with E-state index in [1.165, 1.54) is 5.69 Å². The molecule has 9 heteroatoms. The molecule has 1 saturated heterocycles. The zero-order valence-electron chi connectivity index (χ0n) is 17.3. The molecule has 0 saturated carbocycles. The first-order valence-electron chi connectivity index (χ1n) is 9.90. The number of anilines is 1. The van der Waals surface area contributed by atoms with Crippen molar-refractivity contribution in [3.05, 3.63) is 42.0 Å². The lowest BCUT2D eigenvalue weighted by Crippen LogP contribution is -2.48. The predicted octanol–water partition coefficient (Wildman–Crippen LogP) is 3.12. The third-order valence-corrected chi connectivity index (χ3v) is 4.85. The Morgan fingerprint density at radius 1 is 1.31 bits per heavy atom. The zero-order valence-corrected chi connectivity index (χ0v) is 19.6. The lowest BCUT2D eigenvalue weighted by Gasteiger charge is -2.34. The molecule has 0 aliphatic carbocycles. The Bertz CT molecular complexity index is 746. The minimum absolute atomic E-state index is 0. The molecule has 1 aliphatic heterocycles. The summed E-state index contributed by atoms with van der Waals surface area (Å²) in [5, 5.41) is 10.7. The number of ether oxygens (including phenoxy) is 1. The van der Waals surface area contributed by atoms with Crippen molar-refractivity contribution in [3.63, 3.8) is 0 Å². The zero-order chi connectivity index (χ0) is 19.8. The van der Waals surface area contributed by atoms with Gasteiger partial charge in [0.2, 0.25) is 5.89 Å². The molecule has 0 radical (unpaired) electrons. The molecule has 29 heavy (non-hydrogen) atoms. The van der Waals surface area contributed by atoms with Gasteiger partial charge in [0.1, 0.15) is 6.10 Å². The largest absolute Gasteiger partial charge is 0.371 e. The molecule has 0 spiro atoms. The number of piperidine rings is 1. The van der Waals surface area contributed by atoms with Gasteiger partial charge in [-0.15, -0.1) is 24.0 Å². The van der Waals surface area contributed by atoms with E-state index in [1.807, 2.05) is 13.8 Å². The maximum absolute atomic E-state index is 5.48.